The summed E-state index contributed by atoms with van der Waals surface area (Å²) < 4.78 is 0.939. The van der Waals surface area contributed by atoms with Gasteiger partial charge in [-0.25, -0.2) is 0 Å². The fourth-order valence-corrected chi connectivity index (χ4v) is 4.64. The van der Waals surface area contributed by atoms with Crippen molar-refractivity contribution in [2.75, 3.05) is 11.9 Å². The third-order valence-corrected chi connectivity index (χ3v) is 6.54. The van der Waals surface area contributed by atoms with Gasteiger partial charge >= 0.3 is 0 Å². The summed E-state index contributed by atoms with van der Waals surface area (Å²) in [7, 11) is 0. The van der Waals surface area contributed by atoms with Crippen molar-refractivity contribution in [3.63, 3.8) is 0 Å². The molecule has 1 N–H and O–H groups in total. The number of carbonyl (C=O) groups excluding carboxylic acids is 2. The maximum Gasteiger partial charge on any atom is 0.254 e. The number of anilines is 1. The van der Waals surface area contributed by atoms with Gasteiger partial charge in [-0.1, -0.05) is 87.4 Å². The van der Waals surface area contributed by atoms with E-state index in [1.54, 1.807) is 29.2 Å². The van der Waals surface area contributed by atoms with Crippen LogP contribution in [-0.4, -0.2) is 33.5 Å². The zero-order valence-electron chi connectivity index (χ0n) is 17.9. The zero-order chi connectivity index (χ0) is 23.9. The summed E-state index contributed by atoms with van der Waals surface area (Å²) in [5.74, 6) is -0.430. The van der Waals surface area contributed by atoms with Gasteiger partial charge in [0.1, 0.15) is 5.01 Å². The van der Waals surface area contributed by atoms with Crippen LogP contribution in [0.5, 0.6) is 0 Å². The van der Waals surface area contributed by atoms with Crippen molar-refractivity contribution in [1.29, 1.82) is 0 Å². The standard InChI is InChI=1S/C25H20BrClN4O2S/c26-20-10-4-8-18(14-20)23-29-30-25(34-23)28-22(32)12-13-31(16-17-6-2-1-3-7-17)24(33)19-9-5-11-21(27)15-19/h1-11,14-15H,12-13,16H2,(H,28,30,32). The Balaban J connectivity index is 1.42. The average Bonchev–Trinajstić information content (AvgIpc) is 3.30. The molecule has 6 nitrogen and oxygen atoms in total. The first-order chi connectivity index (χ1) is 16.5. The van der Waals surface area contributed by atoms with Crippen LogP contribution in [0.15, 0.2) is 83.3 Å². The van der Waals surface area contributed by atoms with Crippen molar-refractivity contribution in [3.8, 4) is 10.6 Å². The third-order valence-electron chi connectivity index (χ3n) is 4.93. The maximum absolute atomic E-state index is 13.2. The van der Waals surface area contributed by atoms with Gasteiger partial charge < -0.3 is 10.2 Å². The van der Waals surface area contributed by atoms with Gasteiger partial charge in [0.2, 0.25) is 11.0 Å². The smallest absolute Gasteiger partial charge is 0.254 e. The number of rotatable bonds is 8. The lowest BCUT2D eigenvalue weighted by atomic mass is 10.1. The van der Waals surface area contributed by atoms with Gasteiger partial charge in [-0.15, -0.1) is 10.2 Å². The van der Waals surface area contributed by atoms with Crippen molar-refractivity contribution >= 4 is 55.8 Å². The van der Waals surface area contributed by atoms with Crippen LogP contribution in [0.25, 0.3) is 10.6 Å². The first-order valence-electron chi connectivity index (χ1n) is 10.5. The van der Waals surface area contributed by atoms with E-state index in [2.05, 4.69) is 31.4 Å². The molecule has 0 atom stereocenters. The summed E-state index contributed by atoms with van der Waals surface area (Å²) in [5.41, 5.74) is 2.36. The van der Waals surface area contributed by atoms with Crippen LogP contribution < -0.4 is 5.32 Å². The predicted octanol–water partition coefficient (Wildman–Crippen LogP) is 6.29. The summed E-state index contributed by atoms with van der Waals surface area (Å²) in [6.07, 6.45) is 0.116. The van der Waals surface area contributed by atoms with Crippen LogP contribution in [-0.2, 0) is 11.3 Å². The minimum Gasteiger partial charge on any atom is -0.334 e. The Kier molecular flexibility index (Phi) is 8.05. The van der Waals surface area contributed by atoms with Gasteiger partial charge in [0.15, 0.2) is 0 Å². The molecule has 0 aliphatic carbocycles. The Hall–Kier alpha value is -3.07. The van der Waals surface area contributed by atoms with Gasteiger partial charge in [-0.2, -0.15) is 0 Å². The van der Waals surface area contributed by atoms with Crippen LogP contribution in [0, 0.1) is 0 Å². The van der Waals surface area contributed by atoms with E-state index in [1.165, 1.54) is 11.3 Å². The number of nitrogens with one attached hydrogen (secondary N) is 1. The van der Waals surface area contributed by atoms with Crippen LogP contribution >= 0.6 is 38.9 Å². The molecule has 0 aliphatic rings. The molecule has 0 fully saturated rings. The molecule has 0 radical (unpaired) electrons. The zero-order valence-corrected chi connectivity index (χ0v) is 21.1. The summed E-state index contributed by atoms with van der Waals surface area (Å²) in [6.45, 7) is 0.620. The second-order valence-corrected chi connectivity index (χ2v) is 9.77. The predicted molar refractivity (Wildman–Crippen MR) is 139 cm³/mol. The van der Waals surface area contributed by atoms with E-state index in [-0.39, 0.29) is 24.8 Å². The summed E-state index contributed by atoms with van der Waals surface area (Å²) in [5, 5.41) is 12.6. The Bertz CT molecular complexity index is 1300. The third kappa shape index (κ3) is 6.50. The van der Waals surface area contributed by atoms with Gasteiger partial charge in [0, 0.05) is 40.1 Å². The van der Waals surface area contributed by atoms with Crippen LogP contribution in [0.3, 0.4) is 0 Å². The lowest BCUT2D eigenvalue weighted by molar-refractivity contribution is -0.116. The number of hydrogen-bond acceptors (Lipinski definition) is 5. The highest BCUT2D eigenvalue weighted by atomic mass is 79.9. The molecule has 1 aromatic heterocycles. The number of amides is 2. The lowest BCUT2D eigenvalue weighted by Gasteiger charge is -2.23. The van der Waals surface area contributed by atoms with Crippen molar-refractivity contribution in [2.45, 2.75) is 13.0 Å². The molecule has 9 heteroatoms. The quantitative estimate of drug-likeness (QED) is 0.277. The molecule has 0 aliphatic heterocycles. The van der Waals surface area contributed by atoms with Crippen molar-refractivity contribution in [3.05, 3.63) is 99.5 Å². The molecular formula is C25H20BrClN4O2S. The molecule has 4 rings (SSSR count). The van der Waals surface area contributed by atoms with Crippen molar-refractivity contribution in [2.24, 2.45) is 0 Å². The molecule has 0 saturated heterocycles. The van der Waals surface area contributed by atoms with E-state index in [0.29, 0.717) is 27.3 Å². The summed E-state index contributed by atoms with van der Waals surface area (Å²) in [6, 6.07) is 24.2. The average molecular weight is 556 g/mol. The molecule has 0 saturated carbocycles. The number of carbonyl (C=O) groups is 2. The fourth-order valence-electron chi connectivity index (χ4n) is 3.29. The minimum absolute atomic E-state index is 0.116. The van der Waals surface area contributed by atoms with Gasteiger partial charge in [-0.05, 0) is 35.9 Å². The van der Waals surface area contributed by atoms with Crippen LogP contribution in [0.1, 0.15) is 22.3 Å². The molecule has 172 valence electrons. The first kappa shape index (κ1) is 24.1. The van der Waals surface area contributed by atoms with E-state index < -0.39 is 0 Å². The monoisotopic (exact) mass is 554 g/mol. The number of hydrogen-bond donors (Lipinski definition) is 1. The first-order valence-corrected chi connectivity index (χ1v) is 12.4. The Morgan fingerprint density at radius 2 is 1.76 bits per heavy atom. The van der Waals surface area contributed by atoms with Crippen molar-refractivity contribution < 1.29 is 9.59 Å². The van der Waals surface area contributed by atoms with E-state index in [9.17, 15) is 9.59 Å². The van der Waals surface area contributed by atoms with E-state index in [1.807, 2.05) is 54.6 Å². The molecule has 3 aromatic carbocycles. The van der Waals surface area contributed by atoms with E-state index >= 15 is 0 Å². The Morgan fingerprint density at radius 3 is 2.53 bits per heavy atom. The maximum atomic E-state index is 13.2. The second kappa shape index (κ2) is 11.4. The topological polar surface area (TPSA) is 75.2 Å². The largest absolute Gasteiger partial charge is 0.334 e. The Labute approximate surface area is 214 Å². The molecule has 4 aromatic rings. The highest BCUT2D eigenvalue weighted by Crippen LogP contribution is 2.28. The van der Waals surface area contributed by atoms with Crippen LogP contribution in [0.4, 0.5) is 5.13 Å². The molecule has 2 amide bonds. The molecular weight excluding hydrogens is 536 g/mol. The van der Waals surface area contributed by atoms with E-state index in [0.717, 1.165) is 15.6 Å². The number of nitrogens with zero attached hydrogens (tertiary/aromatic N) is 3. The summed E-state index contributed by atoms with van der Waals surface area (Å²) in [4.78, 5) is 27.5. The summed E-state index contributed by atoms with van der Waals surface area (Å²) >= 11 is 10.8. The van der Waals surface area contributed by atoms with Gasteiger partial charge in [0.05, 0.1) is 0 Å². The molecule has 0 bridgehead atoms. The fraction of sp³-hybridized carbons (Fsp3) is 0.120. The molecule has 0 unspecified atom stereocenters. The highest BCUT2D eigenvalue weighted by molar-refractivity contribution is 9.10. The van der Waals surface area contributed by atoms with E-state index in [4.69, 9.17) is 11.6 Å². The SMILES string of the molecule is O=C(CCN(Cc1ccccc1)C(=O)c1cccc(Cl)c1)Nc1nnc(-c2cccc(Br)c2)s1. The Morgan fingerprint density at radius 1 is 0.971 bits per heavy atom. The second-order valence-electron chi connectivity index (χ2n) is 7.44. The normalized spacial score (nSPS) is 10.6. The number of benzene rings is 3. The van der Waals surface area contributed by atoms with Crippen molar-refractivity contribution in [1.82, 2.24) is 15.1 Å². The van der Waals surface area contributed by atoms with Gasteiger partial charge in [-0.3, -0.25) is 9.59 Å². The van der Waals surface area contributed by atoms with Crippen LogP contribution in [0.2, 0.25) is 5.02 Å². The van der Waals surface area contributed by atoms with Gasteiger partial charge in [0.25, 0.3) is 5.91 Å². The minimum atomic E-state index is -0.242. The highest BCUT2D eigenvalue weighted by Gasteiger charge is 2.18. The molecule has 0 spiro atoms. The number of halogens is 2. The number of aromatic nitrogens is 2. The molecule has 34 heavy (non-hydrogen) atoms. The molecule has 1 heterocycles. The lowest BCUT2D eigenvalue weighted by Crippen LogP contribution is -2.33.